The maximum Gasteiger partial charge on any atom is 0.319 e. The number of nitrogens with one attached hydrogen (secondary N) is 2. The number of benzene rings is 1. The Labute approximate surface area is 126 Å². The van der Waals surface area contributed by atoms with Crippen LogP contribution in [-0.4, -0.2) is 37.4 Å². The molecule has 1 saturated carbocycles. The van der Waals surface area contributed by atoms with Gasteiger partial charge in [-0.25, -0.2) is 4.79 Å². The van der Waals surface area contributed by atoms with Crippen molar-refractivity contribution in [2.45, 2.75) is 32.3 Å². The third-order valence-corrected chi connectivity index (χ3v) is 4.18. The van der Waals surface area contributed by atoms with Gasteiger partial charge in [0.25, 0.3) is 0 Å². The van der Waals surface area contributed by atoms with Crippen molar-refractivity contribution in [3.05, 3.63) is 24.3 Å². The molecule has 0 aromatic heterocycles. The zero-order chi connectivity index (χ0) is 15.2. The number of carbonyl (C=O) groups is 1. The molecule has 1 aromatic carbocycles. The smallest absolute Gasteiger partial charge is 0.319 e. The van der Waals surface area contributed by atoms with Crippen LogP contribution in [0.2, 0.25) is 0 Å². The second-order valence-corrected chi connectivity index (χ2v) is 5.62. The molecule has 0 bridgehead atoms. The first-order valence-electron chi connectivity index (χ1n) is 7.65. The van der Waals surface area contributed by atoms with Gasteiger partial charge >= 0.3 is 6.03 Å². The van der Waals surface area contributed by atoms with Gasteiger partial charge in [0.2, 0.25) is 0 Å². The predicted octanol–water partition coefficient (Wildman–Crippen LogP) is 2.43. The number of nitrogens with zero attached hydrogens (tertiary/aromatic N) is 1. The minimum atomic E-state index is -0.274. The second-order valence-electron chi connectivity index (χ2n) is 5.62. The highest BCUT2D eigenvalue weighted by Gasteiger charge is 2.25. The van der Waals surface area contributed by atoms with Crippen molar-refractivity contribution in [3.8, 4) is 0 Å². The zero-order valence-corrected chi connectivity index (χ0v) is 12.8. The molecule has 0 radical (unpaired) electrons. The van der Waals surface area contributed by atoms with Crippen LogP contribution in [0, 0.1) is 5.92 Å². The fraction of sp³-hybridized carbons (Fsp3) is 0.562. The number of para-hydroxylation sites is 2. The highest BCUT2D eigenvalue weighted by molar-refractivity contribution is 5.93. The number of aliphatic hydroxyl groups excluding tert-OH is 1. The summed E-state index contributed by atoms with van der Waals surface area (Å²) in [4.78, 5) is 14.1. The van der Waals surface area contributed by atoms with E-state index in [9.17, 15) is 9.90 Å². The molecule has 116 valence electrons. The van der Waals surface area contributed by atoms with Gasteiger partial charge in [0.05, 0.1) is 17.5 Å². The summed E-state index contributed by atoms with van der Waals surface area (Å²) in [5.41, 5.74) is 1.79. The van der Waals surface area contributed by atoms with E-state index in [1.54, 1.807) is 0 Å². The molecule has 2 atom stereocenters. The molecule has 5 heteroatoms. The van der Waals surface area contributed by atoms with Crippen molar-refractivity contribution in [2.75, 3.05) is 30.4 Å². The lowest BCUT2D eigenvalue weighted by Crippen LogP contribution is -2.35. The van der Waals surface area contributed by atoms with E-state index < -0.39 is 0 Å². The summed E-state index contributed by atoms with van der Waals surface area (Å²) in [6.45, 7) is 3.46. The van der Waals surface area contributed by atoms with Gasteiger partial charge in [0, 0.05) is 26.1 Å². The Morgan fingerprint density at radius 3 is 2.81 bits per heavy atom. The van der Waals surface area contributed by atoms with Crippen LogP contribution in [0.4, 0.5) is 16.2 Å². The van der Waals surface area contributed by atoms with Crippen molar-refractivity contribution in [1.82, 2.24) is 5.32 Å². The van der Waals surface area contributed by atoms with Gasteiger partial charge in [0.1, 0.15) is 0 Å². The minimum Gasteiger partial charge on any atom is -0.393 e. The molecule has 1 fully saturated rings. The molecule has 2 amide bonds. The molecular weight excluding hydrogens is 266 g/mol. The number of hydrogen-bond donors (Lipinski definition) is 3. The maximum absolute atomic E-state index is 12.0. The van der Waals surface area contributed by atoms with Crippen LogP contribution < -0.4 is 15.5 Å². The van der Waals surface area contributed by atoms with Crippen LogP contribution in [0.1, 0.15) is 26.2 Å². The number of hydrogen-bond acceptors (Lipinski definition) is 3. The Morgan fingerprint density at radius 1 is 1.38 bits per heavy atom. The summed E-state index contributed by atoms with van der Waals surface area (Å²) in [5, 5.41) is 15.5. The molecule has 1 aromatic rings. The van der Waals surface area contributed by atoms with Gasteiger partial charge in [-0.1, -0.05) is 18.6 Å². The van der Waals surface area contributed by atoms with Crippen molar-refractivity contribution >= 4 is 17.4 Å². The Balaban J connectivity index is 1.90. The van der Waals surface area contributed by atoms with Gasteiger partial charge in [-0.2, -0.15) is 0 Å². The number of amides is 2. The SMILES string of the molecule is CCN(C)c1ccccc1NC(=O)NCC1CCCC1O. The molecule has 0 heterocycles. The average molecular weight is 291 g/mol. The normalized spacial score (nSPS) is 21.1. The quantitative estimate of drug-likeness (QED) is 0.780. The zero-order valence-electron chi connectivity index (χ0n) is 12.8. The van der Waals surface area contributed by atoms with E-state index >= 15 is 0 Å². The van der Waals surface area contributed by atoms with Crippen LogP contribution in [0.5, 0.6) is 0 Å². The van der Waals surface area contributed by atoms with E-state index in [0.29, 0.717) is 6.54 Å². The lowest BCUT2D eigenvalue weighted by atomic mass is 10.1. The Bertz CT molecular complexity index is 478. The van der Waals surface area contributed by atoms with Crippen molar-refractivity contribution in [2.24, 2.45) is 5.92 Å². The Hall–Kier alpha value is -1.75. The fourth-order valence-electron chi connectivity index (χ4n) is 2.73. The van der Waals surface area contributed by atoms with Crippen molar-refractivity contribution in [3.63, 3.8) is 0 Å². The standard InChI is InChI=1S/C16H25N3O2/c1-3-19(2)14-9-5-4-8-13(14)18-16(21)17-11-12-7-6-10-15(12)20/h4-5,8-9,12,15,20H,3,6-7,10-11H2,1-2H3,(H2,17,18,21). The molecule has 2 unspecified atom stereocenters. The summed E-state index contributed by atoms with van der Waals surface area (Å²) in [5.74, 6) is 0.185. The molecule has 0 spiro atoms. The average Bonchev–Trinajstić information content (AvgIpc) is 2.90. The highest BCUT2D eigenvalue weighted by atomic mass is 16.3. The van der Waals surface area contributed by atoms with Gasteiger partial charge < -0.3 is 20.6 Å². The molecular formula is C16H25N3O2. The molecule has 0 saturated heterocycles. The third kappa shape index (κ3) is 4.11. The lowest BCUT2D eigenvalue weighted by Gasteiger charge is -2.21. The van der Waals surface area contributed by atoms with Gasteiger partial charge in [-0.15, -0.1) is 0 Å². The Morgan fingerprint density at radius 2 is 2.14 bits per heavy atom. The van der Waals surface area contributed by atoms with Crippen LogP contribution in [0.3, 0.4) is 0 Å². The maximum atomic E-state index is 12.0. The third-order valence-electron chi connectivity index (χ3n) is 4.18. The minimum absolute atomic E-state index is 0.185. The van der Waals surface area contributed by atoms with Crippen LogP contribution in [0.15, 0.2) is 24.3 Å². The summed E-state index contributed by atoms with van der Waals surface area (Å²) >= 11 is 0. The number of carbonyl (C=O) groups excluding carboxylic acids is 1. The number of urea groups is 1. The number of anilines is 2. The van der Waals surface area contributed by atoms with E-state index in [2.05, 4.69) is 22.5 Å². The topological polar surface area (TPSA) is 64.6 Å². The molecule has 5 nitrogen and oxygen atoms in total. The van der Waals surface area contributed by atoms with Gasteiger partial charge in [-0.05, 0) is 31.9 Å². The first-order valence-corrected chi connectivity index (χ1v) is 7.65. The molecule has 0 aliphatic heterocycles. The summed E-state index contributed by atoms with van der Waals surface area (Å²) < 4.78 is 0. The summed E-state index contributed by atoms with van der Waals surface area (Å²) in [6, 6.07) is 7.53. The number of rotatable bonds is 5. The van der Waals surface area contributed by atoms with Crippen LogP contribution in [-0.2, 0) is 0 Å². The Kier molecular flexibility index (Phi) is 5.44. The van der Waals surface area contributed by atoms with Gasteiger partial charge in [-0.3, -0.25) is 0 Å². The lowest BCUT2D eigenvalue weighted by molar-refractivity contribution is 0.133. The molecule has 3 N–H and O–H groups in total. The second kappa shape index (κ2) is 7.31. The first-order chi connectivity index (χ1) is 10.1. The largest absolute Gasteiger partial charge is 0.393 e. The highest BCUT2D eigenvalue weighted by Crippen LogP contribution is 2.25. The van der Waals surface area contributed by atoms with Crippen molar-refractivity contribution in [1.29, 1.82) is 0 Å². The fourth-order valence-corrected chi connectivity index (χ4v) is 2.73. The van der Waals surface area contributed by atoms with Crippen molar-refractivity contribution < 1.29 is 9.90 Å². The van der Waals surface area contributed by atoms with E-state index in [4.69, 9.17) is 0 Å². The van der Waals surface area contributed by atoms with Crippen LogP contribution in [0.25, 0.3) is 0 Å². The van der Waals surface area contributed by atoms with Crippen LogP contribution >= 0.6 is 0 Å². The van der Waals surface area contributed by atoms with E-state index in [0.717, 1.165) is 37.2 Å². The van der Waals surface area contributed by atoms with Gasteiger partial charge in [0.15, 0.2) is 0 Å². The molecule has 1 aliphatic rings. The van der Waals surface area contributed by atoms with E-state index in [-0.39, 0.29) is 18.1 Å². The first kappa shape index (κ1) is 15.6. The van der Waals surface area contributed by atoms with E-state index in [1.807, 2.05) is 31.3 Å². The molecule has 2 rings (SSSR count). The summed E-state index contributed by atoms with van der Waals surface area (Å²) in [6.07, 6.45) is 2.59. The summed E-state index contributed by atoms with van der Waals surface area (Å²) in [7, 11) is 1.99. The molecule has 1 aliphatic carbocycles. The van der Waals surface area contributed by atoms with E-state index in [1.165, 1.54) is 0 Å². The monoisotopic (exact) mass is 291 g/mol. The molecule has 21 heavy (non-hydrogen) atoms. The predicted molar refractivity (Wildman–Crippen MR) is 85.8 cm³/mol. The number of aliphatic hydroxyl groups is 1.